The number of ether oxygens (including phenoxy) is 5. The molecule has 2 bridgehead atoms. The summed E-state index contributed by atoms with van der Waals surface area (Å²) in [7, 11) is 1.66. The van der Waals surface area contributed by atoms with Crippen LogP contribution in [0.1, 0.15) is 12.0 Å². The van der Waals surface area contributed by atoms with E-state index in [0.29, 0.717) is 26.4 Å². The maximum atomic E-state index is 6.02. The van der Waals surface area contributed by atoms with E-state index in [4.69, 9.17) is 23.7 Å². The second-order valence-electron chi connectivity index (χ2n) is 5.35. The Kier molecular flexibility index (Phi) is 5.22. The summed E-state index contributed by atoms with van der Waals surface area (Å²) in [5.41, 5.74) is 1.16. The molecule has 0 saturated carbocycles. The number of methoxy groups -OCH3 is 1. The zero-order valence-corrected chi connectivity index (χ0v) is 12.3. The molecule has 21 heavy (non-hydrogen) atoms. The van der Waals surface area contributed by atoms with Crippen molar-refractivity contribution in [2.75, 3.05) is 26.9 Å². The van der Waals surface area contributed by atoms with Gasteiger partial charge in [-0.05, 0) is 5.56 Å². The topological polar surface area (TPSA) is 46.2 Å². The van der Waals surface area contributed by atoms with Gasteiger partial charge in [0, 0.05) is 13.5 Å². The van der Waals surface area contributed by atoms with E-state index in [1.54, 1.807) is 7.11 Å². The van der Waals surface area contributed by atoms with Crippen molar-refractivity contribution in [3.8, 4) is 0 Å². The van der Waals surface area contributed by atoms with Crippen molar-refractivity contribution < 1.29 is 23.7 Å². The minimum atomic E-state index is -0.261. The van der Waals surface area contributed by atoms with Gasteiger partial charge in [0.25, 0.3) is 0 Å². The zero-order chi connectivity index (χ0) is 14.5. The molecule has 0 amide bonds. The van der Waals surface area contributed by atoms with Gasteiger partial charge >= 0.3 is 0 Å². The Morgan fingerprint density at radius 1 is 1.10 bits per heavy atom. The second-order valence-corrected chi connectivity index (χ2v) is 5.35. The van der Waals surface area contributed by atoms with Gasteiger partial charge in [0.05, 0.1) is 32.5 Å². The Morgan fingerprint density at radius 2 is 1.95 bits per heavy atom. The van der Waals surface area contributed by atoms with Crippen LogP contribution in [-0.4, -0.2) is 51.5 Å². The first-order valence-corrected chi connectivity index (χ1v) is 7.40. The molecule has 2 aliphatic rings. The van der Waals surface area contributed by atoms with Crippen molar-refractivity contribution in [3.63, 3.8) is 0 Å². The van der Waals surface area contributed by atoms with E-state index < -0.39 is 0 Å². The molecule has 0 aliphatic carbocycles. The highest BCUT2D eigenvalue weighted by atomic mass is 16.8. The van der Waals surface area contributed by atoms with Crippen LogP contribution in [0.25, 0.3) is 0 Å². The smallest absolute Gasteiger partial charge is 0.184 e. The van der Waals surface area contributed by atoms with Crippen molar-refractivity contribution in [2.45, 2.75) is 37.6 Å². The van der Waals surface area contributed by atoms with E-state index in [1.165, 1.54) is 0 Å². The normalized spacial score (nSPS) is 31.5. The largest absolute Gasteiger partial charge is 0.382 e. The standard InChI is InChI=1S/C16H22O5/c1-17-7-8-18-14-9-13(15-11-20-16(14)21-15)19-10-12-5-3-2-4-6-12/h2-6,13-16H,7-11H2,1H3/t13-,14+,15+,16+/m0/s1. The van der Waals surface area contributed by atoms with E-state index in [9.17, 15) is 0 Å². The molecule has 2 aliphatic heterocycles. The third-order valence-corrected chi connectivity index (χ3v) is 3.84. The van der Waals surface area contributed by atoms with Crippen molar-refractivity contribution in [1.29, 1.82) is 0 Å². The van der Waals surface area contributed by atoms with Gasteiger partial charge < -0.3 is 23.7 Å². The molecule has 0 unspecified atom stereocenters. The first kappa shape index (κ1) is 14.9. The lowest BCUT2D eigenvalue weighted by Gasteiger charge is -2.33. The molecule has 4 atom stereocenters. The minimum Gasteiger partial charge on any atom is -0.382 e. The monoisotopic (exact) mass is 294 g/mol. The van der Waals surface area contributed by atoms with Crippen LogP contribution in [0.15, 0.2) is 30.3 Å². The van der Waals surface area contributed by atoms with Gasteiger partial charge in [-0.15, -0.1) is 0 Å². The summed E-state index contributed by atoms with van der Waals surface area (Å²) in [6, 6.07) is 10.2. The molecule has 2 saturated heterocycles. The van der Waals surface area contributed by atoms with Crippen LogP contribution in [0.3, 0.4) is 0 Å². The molecule has 5 nitrogen and oxygen atoms in total. The summed E-state index contributed by atoms with van der Waals surface area (Å²) in [5.74, 6) is 0. The molecule has 0 N–H and O–H groups in total. The van der Waals surface area contributed by atoms with Crippen molar-refractivity contribution >= 4 is 0 Å². The molecule has 5 heteroatoms. The first-order valence-electron chi connectivity index (χ1n) is 7.40. The number of hydrogen-bond donors (Lipinski definition) is 0. The van der Waals surface area contributed by atoms with Crippen molar-refractivity contribution in [1.82, 2.24) is 0 Å². The molecule has 116 valence electrons. The number of fused-ring (bicyclic) bond motifs is 2. The van der Waals surface area contributed by atoms with Gasteiger partial charge in [0.1, 0.15) is 12.2 Å². The van der Waals surface area contributed by atoms with Crippen LogP contribution in [0.5, 0.6) is 0 Å². The molecule has 2 heterocycles. The number of rotatable bonds is 7. The highest BCUT2D eigenvalue weighted by Crippen LogP contribution is 2.31. The predicted molar refractivity (Wildman–Crippen MR) is 75.9 cm³/mol. The van der Waals surface area contributed by atoms with E-state index in [1.807, 2.05) is 18.2 Å². The Bertz CT molecular complexity index is 424. The summed E-state index contributed by atoms with van der Waals surface area (Å²) in [6.45, 7) is 2.28. The average Bonchev–Trinajstić information content (AvgIpc) is 2.95. The zero-order valence-electron chi connectivity index (χ0n) is 12.3. The third-order valence-electron chi connectivity index (χ3n) is 3.84. The molecule has 0 spiro atoms. The molecule has 1 aromatic rings. The third kappa shape index (κ3) is 3.81. The lowest BCUT2D eigenvalue weighted by Crippen LogP contribution is -2.44. The van der Waals surface area contributed by atoms with Gasteiger partial charge in [0.15, 0.2) is 6.29 Å². The van der Waals surface area contributed by atoms with E-state index in [0.717, 1.165) is 12.0 Å². The number of hydrogen-bond acceptors (Lipinski definition) is 5. The summed E-state index contributed by atoms with van der Waals surface area (Å²) < 4.78 is 28.3. The van der Waals surface area contributed by atoms with E-state index in [2.05, 4.69) is 12.1 Å². The maximum absolute atomic E-state index is 6.02. The highest BCUT2D eigenvalue weighted by molar-refractivity contribution is 5.13. The summed E-state index contributed by atoms with van der Waals surface area (Å²) in [6.07, 6.45) is 0.479. The quantitative estimate of drug-likeness (QED) is 0.717. The number of benzene rings is 1. The van der Waals surface area contributed by atoms with Gasteiger partial charge in [-0.1, -0.05) is 30.3 Å². The van der Waals surface area contributed by atoms with E-state index in [-0.39, 0.29) is 24.6 Å². The second kappa shape index (κ2) is 7.33. The van der Waals surface area contributed by atoms with Gasteiger partial charge in [0.2, 0.25) is 0 Å². The molecule has 3 rings (SSSR count). The van der Waals surface area contributed by atoms with Crippen LogP contribution < -0.4 is 0 Å². The van der Waals surface area contributed by atoms with Crippen LogP contribution in [-0.2, 0) is 30.3 Å². The van der Waals surface area contributed by atoms with Crippen molar-refractivity contribution in [3.05, 3.63) is 35.9 Å². The SMILES string of the molecule is COCCO[C@@H]1C[C@H](OCc2ccccc2)[C@H]2CO[C@@H]1O2. The Hall–Kier alpha value is -0.980. The molecule has 0 radical (unpaired) electrons. The Balaban J connectivity index is 1.52. The fourth-order valence-electron chi connectivity index (χ4n) is 2.70. The first-order chi connectivity index (χ1) is 10.4. The molecule has 0 aromatic heterocycles. The Labute approximate surface area is 125 Å². The molecular weight excluding hydrogens is 272 g/mol. The fraction of sp³-hybridized carbons (Fsp3) is 0.625. The van der Waals surface area contributed by atoms with Gasteiger partial charge in [-0.25, -0.2) is 0 Å². The predicted octanol–water partition coefficient (Wildman–Crippen LogP) is 1.75. The van der Waals surface area contributed by atoms with Gasteiger partial charge in [-0.3, -0.25) is 0 Å². The van der Waals surface area contributed by atoms with Crippen LogP contribution in [0.4, 0.5) is 0 Å². The van der Waals surface area contributed by atoms with E-state index >= 15 is 0 Å². The highest BCUT2D eigenvalue weighted by Gasteiger charge is 2.45. The minimum absolute atomic E-state index is 0.0106. The molecule has 1 aromatic carbocycles. The summed E-state index contributed by atoms with van der Waals surface area (Å²) >= 11 is 0. The summed E-state index contributed by atoms with van der Waals surface area (Å²) in [5, 5.41) is 0. The fourth-order valence-corrected chi connectivity index (χ4v) is 2.70. The van der Waals surface area contributed by atoms with Crippen LogP contribution in [0.2, 0.25) is 0 Å². The lowest BCUT2D eigenvalue weighted by molar-refractivity contribution is -0.209. The van der Waals surface area contributed by atoms with Crippen LogP contribution >= 0.6 is 0 Å². The maximum Gasteiger partial charge on any atom is 0.184 e. The molecular formula is C16H22O5. The Morgan fingerprint density at radius 3 is 2.76 bits per heavy atom. The van der Waals surface area contributed by atoms with Gasteiger partial charge in [-0.2, -0.15) is 0 Å². The van der Waals surface area contributed by atoms with Crippen molar-refractivity contribution in [2.24, 2.45) is 0 Å². The average molecular weight is 294 g/mol. The molecule has 2 fully saturated rings. The van der Waals surface area contributed by atoms with Crippen LogP contribution in [0, 0.1) is 0 Å². The lowest BCUT2D eigenvalue weighted by atomic mass is 10.0. The summed E-state index contributed by atoms with van der Waals surface area (Å²) in [4.78, 5) is 0.